The number of ether oxygens (including phenoxy) is 2. The van der Waals surface area contributed by atoms with Crippen molar-refractivity contribution in [2.75, 3.05) is 45.3 Å². The van der Waals surface area contributed by atoms with Crippen LogP contribution in [0, 0.1) is 0 Å². The molecule has 1 atom stereocenters. The molecule has 0 spiro atoms. The van der Waals surface area contributed by atoms with Crippen molar-refractivity contribution in [2.45, 2.75) is 17.4 Å². The van der Waals surface area contributed by atoms with E-state index >= 15 is 0 Å². The molecule has 2 fully saturated rings. The van der Waals surface area contributed by atoms with Crippen LogP contribution in [0.2, 0.25) is 0 Å². The summed E-state index contributed by atoms with van der Waals surface area (Å²) in [5.41, 5.74) is -1.35. The molecule has 13 heteroatoms. The molecule has 0 bridgehead atoms. The molecule has 182 valence electrons. The van der Waals surface area contributed by atoms with Crippen LogP contribution >= 0.6 is 0 Å². The van der Waals surface area contributed by atoms with Crippen LogP contribution in [0.3, 0.4) is 0 Å². The lowest BCUT2D eigenvalue weighted by molar-refractivity contribution is -0.134. The van der Waals surface area contributed by atoms with Crippen LogP contribution in [0.25, 0.3) is 0 Å². The summed E-state index contributed by atoms with van der Waals surface area (Å²) in [7, 11) is -2.45. The summed E-state index contributed by atoms with van der Waals surface area (Å²) in [6.45, 7) is 1.91. The molecule has 2 aliphatic heterocycles. The van der Waals surface area contributed by atoms with E-state index in [1.165, 1.54) is 42.8 Å². The van der Waals surface area contributed by atoms with Crippen molar-refractivity contribution in [2.24, 2.45) is 0 Å². The first-order chi connectivity index (χ1) is 16.2. The second-order valence-corrected chi connectivity index (χ2v) is 9.79. The number of nitrogens with one attached hydrogen (secondary N) is 2. The highest BCUT2D eigenvalue weighted by molar-refractivity contribution is 7.89. The lowest BCUT2D eigenvalue weighted by Crippen LogP contribution is -2.42. The summed E-state index contributed by atoms with van der Waals surface area (Å²) in [6, 6.07) is 6.46. The van der Waals surface area contributed by atoms with E-state index in [4.69, 9.17) is 13.9 Å². The summed E-state index contributed by atoms with van der Waals surface area (Å²) in [5.74, 6) is -0.923. The number of nitrogens with zero attached hydrogens (tertiary/aromatic N) is 2. The van der Waals surface area contributed by atoms with Gasteiger partial charge in [0, 0.05) is 13.1 Å². The number of furan rings is 1. The van der Waals surface area contributed by atoms with Gasteiger partial charge in [-0.05, 0) is 37.3 Å². The van der Waals surface area contributed by atoms with Crippen molar-refractivity contribution in [3.8, 4) is 5.75 Å². The van der Waals surface area contributed by atoms with Gasteiger partial charge in [0.2, 0.25) is 15.9 Å². The number of carbonyl (C=O) groups excluding carboxylic acids is 3. The highest BCUT2D eigenvalue weighted by atomic mass is 32.2. The molecule has 4 amide bonds. The van der Waals surface area contributed by atoms with Crippen molar-refractivity contribution in [1.82, 2.24) is 14.5 Å². The van der Waals surface area contributed by atoms with E-state index in [1.54, 1.807) is 12.1 Å². The third-order valence-electron chi connectivity index (χ3n) is 5.64. The molecule has 12 nitrogen and oxygen atoms in total. The Morgan fingerprint density at radius 3 is 2.62 bits per heavy atom. The van der Waals surface area contributed by atoms with Gasteiger partial charge in [0.1, 0.15) is 18.1 Å². The Kier molecular flexibility index (Phi) is 6.34. The molecule has 2 N–H and O–H groups in total. The molecule has 1 unspecified atom stereocenters. The van der Waals surface area contributed by atoms with Crippen LogP contribution in [-0.2, 0) is 29.9 Å². The predicted octanol–water partition coefficient (Wildman–Crippen LogP) is 0.715. The average molecular weight is 493 g/mol. The van der Waals surface area contributed by atoms with Crippen molar-refractivity contribution in [3.05, 3.63) is 42.4 Å². The fourth-order valence-electron chi connectivity index (χ4n) is 3.79. The minimum atomic E-state index is -3.82. The summed E-state index contributed by atoms with van der Waals surface area (Å²) in [4.78, 5) is 38.8. The van der Waals surface area contributed by atoms with Crippen LogP contribution < -0.4 is 15.4 Å². The van der Waals surface area contributed by atoms with E-state index in [1.807, 2.05) is 0 Å². The molecular weight excluding hydrogens is 468 g/mol. The zero-order chi connectivity index (χ0) is 24.5. The third kappa shape index (κ3) is 4.24. The Labute approximate surface area is 195 Å². The summed E-state index contributed by atoms with van der Waals surface area (Å²) < 4.78 is 43.0. The zero-order valence-electron chi connectivity index (χ0n) is 18.6. The first-order valence-electron chi connectivity index (χ1n) is 10.4. The average Bonchev–Trinajstić information content (AvgIpc) is 3.44. The molecular formula is C21H24N4O8S. The van der Waals surface area contributed by atoms with Crippen LogP contribution in [0.4, 0.5) is 10.5 Å². The van der Waals surface area contributed by atoms with E-state index < -0.39 is 40.0 Å². The van der Waals surface area contributed by atoms with Crippen LogP contribution in [0.15, 0.2) is 45.9 Å². The van der Waals surface area contributed by atoms with Gasteiger partial charge in [-0.25, -0.2) is 13.2 Å². The van der Waals surface area contributed by atoms with Gasteiger partial charge in [-0.15, -0.1) is 0 Å². The molecule has 3 heterocycles. The fraction of sp³-hybridized carbons (Fsp3) is 0.381. The minimum Gasteiger partial charge on any atom is -0.495 e. The van der Waals surface area contributed by atoms with Gasteiger partial charge in [0.15, 0.2) is 5.54 Å². The molecule has 34 heavy (non-hydrogen) atoms. The van der Waals surface area contributed by atoms with Crippen molar-refractivity contribution in [3.63, 3.8) is 0 Å². The van der Waals surface area contributed by atoms with Crippen molar-refractivity contribution < 1.29 is 36.7 Å². The number of benzene rings is 1. The van der Waals surface area contributed by atoms with Gasteiger partial charge in [-0.2, -0.15) is 4.31 Å². The zero-order valence-corrected chi connectivity index (χ0v) is 19.4. The molecule has 0 saturated carbocycles. The van der Waals surface area contributed by atoms with E-state index in [-0.39, 0.29) is 35.2 Å². The fourth-order valence-corrected chi connectivity index (χ4v) is 5.22. The second kappa shape index (κ2) is 9.08. The van der Waals surface area contributed by atoms with E-state index in [2.05, 4.69) is 10.6 Å². The molecule has 4 rings (SSSR count). The van der Waals surface area contributed by atoms with E-state index in [0.29, 0.717) is 13.2 Å². The summed E-state index contributed by atoms with van der Waals surface area (Å²) in [6.07, 6.45) is 1.37. The highest BCUT2D eigenvalue weighted by Gasteiger charge is 2.51. The van der Waals surface area contributed by atoms with E-state index in [0.717, 1.165) is 4.90 Å². The first-order valence-corrected chi connectivity index (χ1v) is 11.8. The molecule has 2 aliphatic rings. The molecule has 2 saturated heterocycles. The maximum atomic E-state index is 13.0. The predicted molar refractivity (Wildman–Crippen MR) is 118 cm³/mol. The number of urea groups is 1. The van der Waals surface area contributed by atoms with Gasteiger partial charge >= 0.3 is 6.03 Å². The maximum Gasteiger partial charge on any atom is 0.325 e. The maximum absolute atomic E-state index is 13.0. The normalized spacial score (nSPS) is 21.4. The van der Waals surface area contributed by atoms with Gasteiger partial charge in [-0.1, -0.05) is 0 Å². The molecule has 2 aromatic rings. The number of methoxy groups -OCH3 is 1. The summed E-state index contributed by atoms with van der Waals surface area (Å²) >= 11 is 0. The smallest absolute Gasteiger partial charge is 0.325 e. The molecule has 1 aromatic heterocycles. The molecule has 0 aliphatic carbocycles. The lowest BCUT2D eigenvalue weighted by Gasteiger charge is -2.26. The van der Waals surface area contributed by atoms with Crippen LogP contribution in [0.1, 0.15) is 12.7 Å². The molecule has 0 radical (unpaired) electrons. The number of carbonyl (C=O) groups is 3. The van der Waals surface area contributed by atoms with Crippen LogP contribution in [-0.4, -0.2) is 75.4 Å². The Morgan fingerprint density at radius 2 is 1.97 bits per heavy atom. The number of imide groups is 1. The number of morpholine rings is 1. The Bertz CT molecular complexity index is 1210. The molecule has 1 aromatic carbocycles. The Balaban J connectivity index is 1.52. The number of amides is 4. The SMILES string of the molecule is COc1ccc(S(=O)(=O)N2CCOCC2)cc1NC(=O)CN1C(=O)NC(C)(c2ccco2)C1=O. The largest absolute Gasteiger partial charge is 0.495 e. The second-order valence-electron chi connectivity index (χ2n) is 7.85. The van der Waals surface area contributed by atoms with Gasteiger partial charge < -0.3 is 24.5 Å². The van der Waals surface area contributed by atoms with Crippen molar-refractivity contribution >= 4 is 33.6 Å². The van der Waals surface area contributed by atoms with E-state index in [9.17, 15) is 22.8 Å². The quantitative estimate of drug-likeness (QED) is 0.537. The van der Waals surface area contributed by atoms with Gasteiger partial charge in [0.05, 0.1) is 37.2 Å². The monoisotopic (exact) mass is 492 g/mol. The van der Waals surface area contributed by atoms with Gasteiger partial charge in [-0.3, -0.25) is 14.5 Å². The lowest BCUT2D eigenvalue weighted by atomic mass is 9.99. The standard InChI is InChI=1S/C21H24N4O8S/c1-21(17-4-3-9-33-17)19(27)25(20(28)23-21)13-18(26)22-15-12-14(5-6-16(15)31-2)34(29,30)24-7-10-32-11-8-24/h3-6,9,12H,7-8,10-11,13H2,1-2H3,(H,22,26)(H,23,28). The van der Waals surface area contributed by atoms with Crippen molar-refractivity contribution in [1.29, 1.82) is 0 Å². The highest BCUT2D eigenvalue weighted by Crippen LogP contribution is 2.31. The van der Waals surface area contributed by atoms with Crippen LogP contribution in [0.5, 0.6) is 5.75 Å². The number of rotatable bonds is 7. The number of sulfonamides is 1. The minimum absolute atomic E-state index is 0.0362. The Morgan fingerprint density at radius 1 is 1.24 bits per heavy atom. The van der Waals surface area contributed by atoms with Gasteiger partial charge in [0.25, 0.3) is 5.91 Å². The first kappa shape index (κ1) is 23.7. The third-order valence-corrected chi connectivity index (χ3v) is 7.54. The number of anilines is 1. The summed E-state index contributed by atoms with van der Waals surface area (Å²) in [5, 5.41) is 5.07. The number of hydrogen-bond acceptors (Lipinski definition) is 8. The topological polar surface area (TPSA) is 147 Å². The Hall–Kier alpha value is -3.42. The number of hydrogen-bond donors (Lipinski definition) is 2.